The van der Waals surface area contributed by atoms with Crippen molar-refractivity contribution in [2.45, 2.75) is 13.5 Å². The van der Waals surface area contributed by atoms with E-state index < -0.39 is 0 Å². The Morgan fingerprint density at radius 2 is 1.68 bits per heavy atom. The maximum atomic E-state index is 5.89. The molecule has 0 radical (unpaired) electrons. The number of anilines is 1. The van der Waals surface area contributed by atoms with Gasteiger partial charge in [-0.25, -0.2) is 4.98 Å². The van der Waals surface area contributed by atoms with Crippen LogP contribution in [0.5, 0.6) is 11.5 Å². The number of aryl methyl sites for hydroxylation is 1. The summed E-state index contributed by atoms with van der Waals surface area (Å²) in [7, 11) is 0. The number of para-hydroxylation sites is 1. The molecule has 3 nitrogen and oxygen atoms in total. The Kier molecular flexibility index (Phi) is 4.35. The van der Waals surface area contributed by atoms with Crippen molar-refractivity contribution >= 4 is 5.82 Å². The third kappa shape index (κ3) is 3.64. The van der Waals surface area contributed by atoms with Crippen molar-refractivity contribution in [3.63, 3.8) is 0 Å². The molecule has 0 atom stereocenters. The van der Waals surface area contributed by atoms with Crippen molar-refractivity contribution in [2.75, 3.05) is 5.32 Å². The quantitative estimate of drug-likeness (QED) is 0.733. The summed E-state index contributed by atoms with van der Waals surface area (Å²) < 4.78 is 5.89. The van der Waals surface area contributed by atoms with Gasteiger partial charge in [-0.3, -0.25) is 0 Å². The highest BCUT2D eigenvalue weighted by Crippen LogP contribution is 2.24. The fraction of sp³-hybridized carbons (Fsp3) is 0.105. The molecule has 0 saturated carbocycles. The highest BCUT2D eigenvalue weighted by atomic mass is 16.5. The van der Waals surface area contributed by atoms with Gasteiger partial charge in [0.05, 0.1) is 0 Å². The summed E-state index contributed by atoms with van der Waals surface area (Å²) in [6.45, 7) is 2.78. The molecule has 3 rings (SSSR count). The standard InChI is InChI=1S/C19H18N2O/c1-15-6-2-3-7-18(15)22-17-11-9-16(10-12-17)14-21-19-8-4-5-13-20-19/h2-13H,14H2,1H3,(H,20,21). The average molecular weight is 290 g/mol. The first-order valence-electron chi connectivity index (χ1n) is 7.28. The smallest absolute Gasteiger partial charge is 0.130 e. The molecule has 0 spiro atoms. The van der Waals surface area contributed by atoms with Crippen LogP contribution in [0, 0.1) is 6.92 Å². The summed E-state index contributed by atoms with van der Waals surface area (Å²) >= 11 is 0. The largest absolute Gasteiger partial charge is 0.457 e. The van der Waals surface area contributed by atoms with Gasteiger partial charge in [-0.2, -0.15) is 0 Å². The number of nitrogens with zero attached hydrogens (tertiary/aromatic N) is 1. The first-order chi connectivity index (χ1) is 10.8. The number of aromatic nitrogens is 1. The van der Waals surface area contributed by atoms with Crippen molar-refractivity contribution in [3.05, 3.63) is 84.1 Å². The van der Waals surface area contributed by atoms with Gasteiger partial charge in [0.2, 0.25) is 0 Å². The van der Waals surface area contributed by atoms with Gasteiger partial charge >= 0.3 is 0 Å². The molecule has 3 heteroatoms. The Balaban J connectivity index is 1.62. The Bertz CT molecular complexity index is 724. The molecule has 2 aromatic carbocycles. The van der Waals surface area contributed by atoms with E-state index in [1.165, 1.54) is 5.56 Å². The van der Waals surface area contributed by atoms with Crippen molar-refractivity contribution in [2.24, 2.45) is 0 Å². The lowest BCUT2D eigenvalue weighted by Crippen LogP contribution is -2.00. The lowest BCUT2D eigenvalue weighted by molar-refractivity contribution is 0.479. The van der Waals surface area contributed by atoms with E-state index in [-0.39, 0.29) is 0 Å². The van der Waals surface area contributed by atoms with Gasteiger partial charge < -0.3 is 10.1 Å². The van der Waals surface area contributed by atoms with Crippen molar-refractivity contribution in [3.8, 4) is 11.5 Å². The van der Waals surface area contributed by atoms with Gasteiger partial charge in [-0.1, -0.05) is 36.4 Å². The predicted octanol–water partition coefficient (Wildman–Crippen LogP) is 4.79. The lowest BCUT2D eigenvalue weighted by atomic mass is 10.2. The predicted molar refractivity (Wildman–Crippen MR) is 89.3 cm³/mol. The molecular formula is C19H18N2O. The van der Waals surface area contributed by atoms with Crippen LogP contribution in [-0.2, 0) is 6.54 Å². The molecule has 3 aromatic rings. The molecule has 0 amide bonds. The fourth-order valence-electron chi connectivity index (χ4n) is 2.13. The van der Waals surface area contributed by atoms with E-state index in [2.05, 4.69) is 22.4 Å². The molecule has 1 aromatic heterocycles. The van der Waals surface area contributed by atoms with Gasteiger partial charge in [0.15, 0.2) is 0 Å². The first kappa shape index (κ1) is 14.1. The molecule has 110 valence electrons. The van der Waals surface area contributed by atoms with E-state index in [0.29, 0.717) is 0 Å². The van der Waals surface area contributed by atoms with E-state index in [4.69, 9.17) is 4.74 Å². The molecule has 0 bridgehead atoms. The third-order valence-corrected chi connectivity index (χ3v) is 3.38. The first-order valence-corrected chi connectivity index (χ1v) is 7.28. The van der Waals surface area contributed by atoms with Crippen LogP contribution in [0.25, 0.3) is 0 Å². The number of pyridine rings is 1. The molecule has 0 aliphatic heterocycles. The number of hydrogen-bond donors (Lipinski definition) is 1. The van der Waals surface area contributed by atoms with Crippen LogP contribution < -0.4 is 10.1 Å². The summed E-state index contributed by atoms with van der Waals surface area (Å²) in [5.41, 5.74) is 2.31. The monoisotopic (exact) mass is 290 g/mol. The molecule has 0 unspecified atom stereocenters. The Labute approximate surface area is 130 Å². The van der Waals surface area contributed by atoms with Crippen molar-refractivity contribution in [1.82, 2.24) is 4.98 Å². The van der Waals surface area contributed by atoms with Crippen molar-refractivity contribution in [1.29, 1.82) is 0 Å². The minimum absolute atomic E-state index is 0.738. The number of ether oxygens (including phenoxy) is 1. The average Bonchev–Trinajstić information content (AvgIpc) is 2.57. The zero-order valence-corrected chi connectivity index (χ0v) is 12.5. The molecule has 0 saturated heterocycles. The highest BCUT2D eigenvalue weighted by molar-refractivity contribution is 5.39. The summed E-state index contributed by atoms with van der Waals surface area (Å²) in [4.78, 5) is 4.24. The summed E-state index contributed by atoms with van der Waals surface area (Å²) in [6.07, 6.45) is 1.78. The van der Waals surface area contributed by atoms with Gasteiger partial charge in [0, 0.05) is 12.7 Å². The molecule has 0 aliphatic carbocycles. The maximum absolute atomic E-state index is 5.89. The number of rotatable bonds is 5. The molecule has 0 aliphatic rings. The van der Waals surface area contributed by atoms with E-state index in [1.807, 2.05) is 61.5 Å². The molecule has 22 heavy (non-hydrogen) atoms. The third-order valence-electron chi connectivity index (χ3n) is 3.38. The van der Waals surface area contributed by atoms with E-state index in [9.17, 15) is 0 Å². The highest BCUT2D eigenvalue weighted by Gasteiger charge is 2.01. The second-order valence-corrected chi connectivity index (χ2v) is 5.08. The number of hydrogen-bond acceptors (Lipinski definition) is 3. The Morgan fingerprint density at radius 1 is 0.909 bits per heavy atom. The SMILES string of the molecule is Cc1ccccc1Oc1ccc(CNc2ccccn2)cc1. The van der Waals surface area contributed by atoms with Crippen LogP contribution in [0.3, 0.4) is 0 Å². The van der Waals surface area contributed by atoms with Crippen LogP contribution in [0.4, 0.5) is 5.82 Å². The molecule has 0 fully saturated rings. The van der Waals surface area contributed by atoms with Crippen LogP contribution in [0.15, 0.2) is 72.9 Å². The second kappa shape index (κ2) is 6.76. The van der Waals surface area contributed by atoms with Gasteiger partial charge in [-0.15, -0.1) is 0 Å². The van der Waals surface area contributed by atoms with Gasteiger partial charge in [0.1, 0.15) is 17.3 Å². The second-order valence-electron chi connectivity index (χ2n) is 5.08. The fourth-order valence-corrected chi connectivity index (χ4v) is 2.13. The van der Waals surface area contributed by atoms with Crippen LogP contribution in [-0.4, -0.2) is 4.98 Å². The Morgan fingerprint density at radius 3 is 2.41 bits per heavy atom. The summed E-state index contributed by atoms with van der Waals surface area (Å²) in [5.74, 6) is 2.61. The summed E-state index contributed by atoms with van der Waals surface area (Å²) in [5, 5.41) is 3.29. The zero-order valence-electron chi connectivity index (χ0n) is 12.5. The van der Waals surface area contributed by atoms with Crippen molar-refractivity contribution < 1.29 is 4.74 Å². The topological polar surface area (TPSA) is 34.1 Å². The van der Waals surface area contributed by atoms with Crippen LogP contribution in [0.2, 0.25) is 0 Å². The molecule has 1 N–H and O–H groups in total. The van der Waals surface area contributed by atoms with Crippen LogP contribution >= 0.6 is 0 Å². The zero-order chi connectivity index (χ0) is 15.2. The van der Waals surface area contributed by atoms with Gasteiger partial charge in [-0.05, 0) is 48.4 Å². The van der Waals surface area contributed by atoms with E-state index in [0.717, 1.165) is 29.4 Å². The minimum Gasteiger partial charge on any atom is -0.457 e. The number of benzene rings is 2. The van der Waals surface area contributed by atoms with Crippen LogP contribution in [0.1, 0.15) is 11.1 Å². The lowest BCUT2D eigenvalue weighted by Gasteiger charge is -2.09. The number of nitrogens with one attached hydrogen (secondary N) is 1. The molecule has 1 heterocycles. The van der Waals surface area contributed by atoms with E-state index >= 15 is 0 Å². The normalized spacial score (nSPS) is 10.2. The Hall–Kier alpha value is -2.81. The molecular weight excluding hydrogens is 272 g/mol. The minimum atomic E-state index is 0.738. The van der Waals surface area contributed by atoms with Gasteiger partial charge in [0.25, 0.3) is 0 Å². The maximum Gasteiger partial charge on any atom is 0.130 e. The van der Waals surface area contributed by atoms with E-state index in [1.54, 1.807) is 6.20 Å². The summed E-state index contributed by atoms with van der Waals surface area (Å²) in [6, 6.07) is 21.9.